The number of nitrogens with one attached hydrogen (secondary N) is 1. The van der Waals surface area contributed by atoms with Crippen molar-refractivity contribution in [3.05, 3.63) is 83.0 Å². The number of anilines is 1. The van der Waals surface area contributed by atoms with E-state index in [1.54, 1.807) is 65.4 Å². The molecule has 2 N–H and O–H groups in total. The molecule has 1 saturated heterocycles. The number of carbonyl (C=O) groups is 4. The Morgan fingerprint density at radius 2 is 1.85 bits per heavy atom. The first-order valence-electron chi connectivity index (χ1n) is 10.1. The van der Waals surface area contributed by atoms with Crippen molar-refractivity contribution in [2.24, 2.45) is 0 Å². The number of aromatic carboxylic acids is 1. The molecule has 0 atom stereocenters. The maximum absolute atomic E-state index is 12.8. The average Bonchev–Trinajstić information content (AvgIpc) is 3.39. The first kappa shape index (κ1) is 22.9. The highest BCUT2D eigenvalue weighted by Gasteiger charge is 2.36. The second kappa shape index (κ2) is 9.67. The number of benzene rings is 2. The maximum atomic E-state index is 12.8. The van der Waals surface area contributed by atoms with Gasteiger partial charge in [0.25, 0.3) is 11.1 Å². The number of ether oxygens (including phenoxy) is 1. The molecular formula is C24H19N3O6S. The lowest BCUT2D eigenvalue weighted by Crippen LogP contribution is -2.36. The number of aromatic nitrogens is 1. The summed E-state index contributed by atoms with van der Waals surface area (Å²) in [6.07, 6.45) is 3.26. The van der Waals surface area contributed by atoms with E-state index in [0.29, 0.717) is 22.8 Å². The van der Waals surface area contributed by atoms with E-state index >= 15 is 0 Å². The molecule has 0 saturated carbocycles. The lowest BCUT2D eigenvalue weighted by molar-refractivity contribution is -0.127. The predicted molar refractivity (Wildman–Crippen MR) is 127 cm³/mol. The van der Waals surface area contributed by atoms with Gasteiger partial charge in [0.1, 0.15) is 12.3 Å². The van der Waals surface area contributed by atoms with Crippen molar-refractivity contribution in [2.45, 2.75) is 0 Å². The van der Waals surface area contributed by atoms with E-state index < -0.39 is 29.6 Å². The van der Waals surface area contributed by atoms with Crippen LogP contribution in [0.5, 0.6) is 5.75 Å². The number of methoxy groups -OCH3 is 1. The zero-order valence-electron chi connectivity index (χ0n) is 17.9. The predicted octanol–water partition coefficient (Wildman–Crippen LogP) is 3.86. The molecule has 3 aromatic rings. The van der Waals surface area contributed by atoms with Crippen LogP contribution in [0, 0.1) is 0 Å². The Labute approximate surface area is 198 Å². The van der Waals surface area contributed by atoms with E-state index in [4.69, 9.17) is 4.74 Å². The minimum Gasteiger partial charge on any atom is -0.497 e. The number of hydrogen-bond acceptors (Lipinski definition) is 6. The molecule has 1 fully saturated rings. The van der Waals surface area contributed by atoms with Crippen LogP contribution in [0.15, 0.2) is 71.8 Å². The summed E-state index contributed by atoms with van der Waals surface area (Å²) in [7, 11) is 1.53. The quantitative estimate of drug-likeness (QED) is 0.496. The van der Waals surface area contributed by atoms with Crippen LogP contribution in [0.25, 0.3) is 11.8 Å². The van der Waals surface area contributed by atoms with Gasteiger partial charge in [0.2, 0.25) is 5.91 Å². The Bertz CT molecular complexity index is 1310. The van der Waals surface area contributed by atoms with Crippen molar-refractivity contribution in [3.63, 3.8) is 0 Å². The van der Waals surface area contributed by atoms with Crippen molar-refractivity contribution in [1.29, 1.82) is 0 Å². The summed E-state index contributed by atoms with van der Waals surface area (Å²) in [5.41, 5.74) is 1.81. The first-order valence-corrected chi connectivity index (χ1v) is 10.9. The normalized spacial score (nSPS) is 14.5. The van der Waals surface area contributed by atoms with Gasteiger partial charge in [0, 0.05) is 23.3 Å². The highest BCUT2D eigenvalue weighted by molar-refractivity contribution is 8.18. The third kappa shape index (κ3) is 4.86. The topological polar surface area (TPSA) is 118 Å². The zero-order chi connectivity index (χ0) is 24.2. The third-order valence-corrected chi connectivity index (χ3v) is 5.89. The SMILES string of the molecule is COc1ccc(NC(=O)CN2C(=O)S/C(=C/c3cccn3-c3cccc(C(=O)O)c3)C2=O)cc1. The number of rotatable bonds is 7. The van der Waals surface area contributed by atoms with Gasteiger partial charge in [-0.2, -0.15) is 0 Å². The highest BCUT2D eigenvalue weighted by atomic mass is 32.2. The molecule has 1 aliphatic rings. The molecule has 1 aliphatic heterocycles. The molecule has 0 unspecified atom stereocenters. The van der Waals surface area contributed by atoms with Gasteiger partial charge in [0.15, 0.2) is 0 Å². The van der Waals surface area contributed by atoms with Gasteiger partial charge in [-0.1, -0.05) is 6.07 Å². The van der Waals surface area contributed by atoms with Crippen LogP contribution < -0.4 is 10.1 Å². The second-order valence-corrected chi connectivity index (χ2v) is 8.20. The monoisotopic (exact) mass is 477 g/mol. The largest absolute Gasteiger partial charge is 0.497 e. The van der Waals surface area contributed by atoms with Crippen molar-refractivity contribution >= 4 is 46.5 Å². The molecule has 1 aromatic heterocycles. The number of carboxylic acids is 1. The Balaban J connectivity index is 1.49. The first-order chi connectivity index (χ1) is 16.4. The van der Waals surface area contributed by atoms with Crippen LogP contribution in [0.2, 0.25) is 0 Å². The van der Waals surface area contributed by atoms with Crippen molar-refractivity contribution < 1.29 is 29.0 Å². The smallest absolute Gasteiger partial charge is 0.335 e. The van der Waals surface area contributed by atoms with Gasteiger partial charge < -0.3 is 19.7 Å². The van der Waals surface area contributed by atoms with Crippen LogP contribution in [-0.2, 0) is 9.59 Å². The molecule has 3 amide bonds. The third-order valence-electron chi connectivity index (χ3n) is 4.98. The fourth-order valence-corrected chi connectivity index (χ4v) is 4.15. The van der Waals surface area contributed by atoms with Gasteiger partial charge in [-0.3, -0.25) is 19.3 Å². The van der Waals surface area contributed by atoms with E-state index in [0.717, 1.165) is 16.7 Å². The Morgan fingerprint density at radius 1 is 1.09 bits per heavy atom. The molecule has 0 aliphatic carbocycles. The molecule has 0 radical (unpaired) electrons. The Morgan fingerprint density at radius 3 is 2.56 bits per heavy atom. The van der Waals surface area contributed by atoms with Crippen molar-refractivity contribution in [2.75, 3.05) is 19.0 Å². The zero-order valence-corrected chi connectivity index (χ0v) is 18.7. The molecule has 9 nitrogen and oxygen atoms in total. The number of thioether (sulfide) groups is 1. The number of amides is 3. The minimum atomic E-state index is -1.05. The summed E-state index contributed by atoms with van der Waals surface area (Å²) in [4.78, 5) is 50.0. The van der Waals surface area contributed by atoms with Gasteiger partial charge in [-0.05, 0) is 72.4 Å². The van der Waals surface area contributed by atoms with Crippen molar-refractivity contribution in [1.82, 2.24) is 9.47 Å². The van der Waals surface area contributed by atoms with Crippen LogP contribution in [0.4, 0.5) is 10.5 Å². The van der Waals surface area contributed by atoms with Gasteiger partial charge in [-0.15, -0.1) is 0 Å². The molecular weight excluding hydrogens is 458 g/mol. The fourth-order valence-electron chi connectivity index (χ4n) is 3.32. The lowest BCUT2D eigenvalue weighted by atomic mass is 10.2. The standard InChI is InChI=1S/C24H19N3O6S/c1-33-19-9-7-16(8-10-19)25-21(28)14-27-22(29)20(34-24(27)32)13-18-6-3-11-26(18)17-5-2-4-15(12-17)23(30)31/h2-13H,14H2,1H3,(H,25,28)(H,30,31)/b20-13+. The summed E-state index contributed by atoms with van der Waals surface area (Å²) in [5, 5.41) is 11.3. The van der Waals surface area contributed by atoms with Crippen LogP contribution in [0.3, 0.4) is 0 Å². The van der Waals surface area contributed by atoms with E-state index in [1.807, 2.05) is 0 Å². The van der Waals surface area contributed by atoms with Crippen molar-refractivity contribution in [3.8, 4) is 11.4 Å². The minimum absolute atomic E-state index is 0.125. The van der Waals surface area contributed by atoms with E-state index in [1.165, 1.54) is 19.2 Å². The average molecular weight is 477 g/mol. The number of nitrogens with zero attached hydrogens (tertiary/aromatic N) is 2. The summed E-state index contributed by atoms with van der Waals surface area (Å²) in [5.74, 6) is -1.51. The number of hydrogen-bond donors (Lipinski definition) is 2. The number of carboxylic acid groups (broad SMARTS) is 1. The van der Waals surface area contributed by atoms with Crippen LogP contribution in [-0.4, -0.2) is 51.3 Å². The molecule has 2 aromatic carbocycles. The molecule has 34 heavy (non-hydrogen) atoms. The van der Waals surface area contributed by atoms with Gasteiger partial charge in [-0.25, -0.2) is 4.79 Å². The molecule has 10 heteroatoms. The van der Waals surface area contributed by atoms with E-state index in [2.05, 4.69) is 5.32 Å². The number of imide groups is 1. The molecule has 4 rings (SSSR count). The van der Waals surface area contributed by atoms with Gasteiger partial charge in [0.05, 0.1) is 17.6 Å². The number of carbonyl (C=O) groups excluding carboxylic acids is 3. The highest BCUT2D eigenvalue weighted by Crippen LogP contribution is 2.32. The molecule has 2 heterocycles. The van der Waals surface area contributed by atoms with Crippen LogP contribution >= 0.6 is 11.8 Å². The summed E-state index contributed by atoms with van der Waals surface area (Å²) in [6, 6.07) is 16.5. The second-order valence-electron chi connectivity index (χ2n) is 7.20. The maximum Gasteiger partial charge on any atom is 0.335 e. The fraction of sp³-hybridized carbons (Fsp3) is 0.0833. The molecule has 0 bridgehead atoms. The van der Waals surface area contributed by atoms with E-state index in [-0.39, 0.29) is 10.5 Å². The van der Waals surface area contributed by atoms with Gasteiger partial charge >= 0.3 is 5.97 Å². The lowest BCUT2D eigenvalue weighted by Gasteiger charge is -2.12. The van der Waals surface area contributed by atoms with Crippen LogP contribution in [0.1, 0.15) is 16.1 Å². The summed E-state index contributed by atoms with van der Waals surface area (Å²) >= 11 is 0.740. The Kier molecular flexibility index (Phi) is 6.51. The summed E-state index contributed by atoms with van der Waals surface area (Å²) < 4.78 is 6.78. The molecule has 0 spiro atoms. The Hall–Kier alpha value is -4.31. The summed E-state index contributed by atoms with van der Waals surface area (Å²) in [6.45, 7) is -0.421. The molecule has 172 valence electrons. The van der Waals surface area contributed by atoms with E-state index in [9.17, 15) is 24.3 Å².